The number of rotatable bonds is 0. The molecular formula is C11H20O2. The Hall–Kier alpha value is -1.25. The molecule has 0 spiro atoms. The van der Waals surface area contributed by atoms with Crippen LogP contribution in [0.2, 0.25) is 0 Å². The summed E-state index contributed by atoms with van der Waals surface area (Å²) in [7, 11) is 0. The van der Waals surface area contributed by atoms with E-state index in [9.17, 15) is 4.79 Å². The Bertz CT molecular complexity index is 161. The minimum absolute atomic E-state index is 0. The third kappa shape index (κ3) is 269. The summed E-state index contributed by atoms with van der Waals surface area (Å²) in [6.07, 6.45) is 12.8. The van der Waals surface area contributed by atoms with Crippen LogP contribution in [0.25, 0.3) is 0 Å². The van der Waals surface area contributed by atoms with Crippen molar-refractivity contribution in [2.24, 2.45) is 0 Å². The maximum atomic E-state index is 9.44. The third-order valence-corrected chi connectivity index (χ3v) is 0.353. The fourth-order valence-corrected chi connectivity index (χ4v) is 0. The molecule has 0 aromatic carbocycles. The van der Waals surface area contributed by atoms with Gasteiger partial charge in [0, 0.05) is 0 Å². The lowest BCUT2D eigenvalue weighted by atomic mass is 10.2. The van der Waals surface area contributed by atoms with E-state index in [1.54, 1.807) is 13.8 Å². The first-order valence-corrected chi connectivity index (χ1v) is 3.30. The van der Waals surface area contributed by atoms with Crippen molar-refractivity contribution in [2.75, 3.05) is 0 Å². The highest BCUT2D eigenvalue weighted by Gasteiger charge is 2.03. The molecule has 2 nitrogen and oxygen atoms in total. The van der Waals surface area contributed by atoms with Gasteiger partial charge in [0.2, 0.25) is 0 Å². The predicted octanol–water partition coefficient (Wildman–Crippen LogP) is 1.87. The summed E-state index contributed by atoms with van der Waals surface area (Å²) >= 11 is 0. The molecule has 1 N–H and O–H groups in total. The van der Waals surface area contributed by atoms with Gasteiger partial charge in [0.1, 0.15) is 11.4 Å². The van der Waals surface area contributed by atoms with Crippen molar-refractivity contribution in [3.05, 3.63) is 0 Å². The molecule has 0 unspecified atom stereocenters. The van der Waals surface area contributed by atoms with E-state index in [1.165, 1.54) is 13.8 Å². The van der Waals surface area contributed by atoms with Crippen molar-refractivity contribution in [3.63, 3.8) is 0 Å². The molecule has 0 saturated heterocycles. The van der Waals surface area contributed by atoms with E-state index >= 15 is 0 Å². The summed E-state index contributed by atoms with van der Waals surface area (Å²) < 4.78 is 0. The fraction of sp³-hybridized carbons (Fsp3) is 0.545. The van der Waals surface area contributed by atoms with Gasteiger partial charge in [-0.2, -0.15) is 0 Å². The Labute approximate surface area is 82.4 Å². The lowest BCUT2D eigenvalue weighted by molar-refractivity contribution is -0.114. The van der Waals surface area contributed by atoms with Gasteiger partial charge in [0.25, 0.3) is 0 Å². The van der Waals surface area contributed by atoms with Gasteiger partial charge in [-0.1, -0.05) is 13.3 Å². The van der Waals surface area contributed by atoms with E-state index in [4.69, 9.17) is 11.5 Å². The molecule has 0 heterocycles. The van der Waals surface area contributed by atoms with E-state index in [0.717, 1.165) is 0 Å². The fourth-order valence-electron chi connectivity index (χ4n) is 0. The van der Waals surface area contributed by atoms with Crippen LogP contribution in [0, 0.1) is 25.2 Å². The second-order valence-corrected chi connectivity index (χ2v) is 2.61. The first-order valence-electron chi connectivity index (χ1n) is 3.30. The molecule has 0 fully saturated rings. The molecule has 0 aliphatic heterocycles. The smallest absolute Gasteiger partial charge is 0.126 e. The molecule has 0 aromatic rings. The molecule has 0 atom stereocenters. The molecular weight excluding hydrogens is 164 g/mol. The largest absolute Gasteiger partial charge is 0.378 e. The van der Waals surface area contributed by atoms with Crippen LogP contribution in [0.1, 0.15) is 35.1 Å². The topological polar surface area (TPSA) is 37.3 Å². The molecule has 2 heteroatoms. The minimum Gasteiger partial charge on any atom is -0.378 e. The van der Waals surface area contributed by atoms with Crippen molar-refractivity contribution >= 4 is 5.78 Å². The molecule has 0 aromatic heterocycles. The highest BCUT2D eigenvalue weighted by atomic mass is 16.3. The minimum atomic E-state index is -0.931. The van der Waals surface area contributed by atoms with Crippen LogP contribution in [0.4, 0.5) is 0 Å². The van der Waals surface area contributed by atoms with Crippen molar-refractivity contribution in [1.82, 2.24) is 0 Å². The standard InChI is InChI=1S/C5H8O.C3H6O.C2H2.CH4/c1-4-5(2,3)6;1-3(2)4;1-2;/h1,6H,2-3H3;1-2H3;1-2H;1H4. The van der Waals surface area contributed by atoms with Crippen molar-refractivity contribution in [1.29, 1.82) is 0 Å². The van der Waals surface area contributed by atoms with Gasteiger partial charge in [-0.3, -0.25) is 0 Å². The Balaban J connectivity index is -0.0000000512. The average molecular weight is 184 g/mol. The van der Waals surface area contributed by atoms with Gasteiger partial charge in [0.15, 0.2) is 0 Å². The van der Waals surface area contributed by atoms with Gasteiger partial charge >= 0.3 is 0 Å². The second-order valence-electron chi connectivity index (χ2n) is 2.61. The molecule has 0 rings (SSSR count). The first kappa shape index (κ1) is 22.6. The predicted molar refractivity (Wildman–Crippen MR) is 58.1 cm³/mol. The van der Waals surface area contributed by atoms with Gasteiger partial charge in [-0.25, -0.2) is 0 Å². The quantitative estimate of drug-likeness (QED) is 0.583. The van der Waals surface area contributed by atoms with E-state index in [-0.39, 0.29) is 13.2 Å². The Morgan fingerprint density at radius 3 is 1.38 bits per heavy atom. The van der Waals surface area contributed by atoms with E-state index in [2.05, 4.69) is 18.8 Å². The highest BCUT2D eigenvalue weighted by Crippen LogP contribution is 1.93. The average Bonchev–Trinajstić information content (AvgIpc) is 1.90. The van der Waals surface area contributed by atoms with E-state index < -0.39 is 5.60 Å². The number of carbonyl (C=O) groups excluding carboxylic acids is 1. The molecule has 0 radical (unpaired) electrons. The van der Waals surface area contributed by atoms with Crippen LogP contribution in [0.5, 0.6) is 0 Å². The Kier molecular flexibility index (Phi) is 23.2. The summed E-state index contributed by atoms with van der Waals surface area (Å²) in [4.78, 5) is 9.44. The second kappa shape index (κ2) is 13.3. The summed E-state index contributed by atoms with van der Waals surface area (Å²) in [5, 5.41) is 8.59. The van der Waals surface area contributed by atoms with Gasteiger partial charge in [-0.15, -0.1) is 19.3 Å². The summed E-state index contributed by atoms with van der Waals surface area (Å²) in [5.41, 5.74) is -0.931. The Morgan fingerprint density at radius 2 is 1.38 bits per heavy atom. The molecule has 0 aliphatic carbocycles. The zero-order valence-corrected chi connectivity index (χ0v) is 8.09. The lowest BCUT2D eigenvalue weighted by Gasteiger charge is -2.04. The number of ketones is 1. The summed E-state index contributed by atoms with van der Waals surface area (Å²) in [5.74, 6) is 2.33. The number of terminal acetylenes is 2. The molecule has 76 valence electrons. The van der Waals surface area contributed by atoms with Crippen LogP contribution in [0.3, 0.4) is 0 Å². The molecule has 0 aliphatic rings. The number of hydrogen-bond acceptors (Lipinski definition) is 2. The molecule has 0 bridgehead atoms. The Morgan fingerprint density at radius 1 is 1.31 bits per heavy atom. The van der Waals surface area contributed by atoms with Crippen molar-refractivity contribution in [2.45, 2.75) is 40.7 Å². The van der Waals surface area contributed by atoms with Crippen LogP contribution in [0.15, 0.2) is 0 Å². The van der Waals surface area contributed by atoms with E-state index in [1.807, 2.05) is 0 Å². The SMILES string of the molecule is C.C#C.C#CC(C)(C)O.CC(C)=O. The van der Waals surface area contributed by atoms with Gasteiger partial charge in [-0.05, 0) is 27.7 Å². The highest BCUT2D eigenvalue weighted by molar-refractivity contribution is 5.72. The van der Waals surface area contributed by atoms with Crippen molar-refractivity contribution < 1.29 is 9.90 Å². The third-order valence-electron chi connectivity index (χ3n) is 0.353. The zero-order chi connectivity index (χ0) is 10.8. The van der Waals surface area contributed by atoms with Gasteiger partial charge in [0.05, 0.1) is 0 Å². The monoisotopic (exact) mass is 184 g/mol. The molecule has 0 saturated carbocycles. The van der Waals surface area contributed by atoms with Crippen LogP contribution in [-0.2, 0) is 4.79 Å². The normalized spacial score (nSPS) is 6.92. The number of hydrogen-bond donors (Lipinski definition) is 1. The summed E-state index contributed by atoms with van der Waals surface area (Å²) in [6.45, 7) is 6.18. The number of carbonyl (C=O) groups is 1. The molecule has 13 heavy (non-hydrogen) atoms. The van der Waals surface area contributed by atoms with Crippen molar-refractivity contribution in [3.8, 4) is 25.2 Å². The molecule has 0 amide bonds. The van der Waals surface area contributed by atoms with E-state index in [0.29, 0.717) is 0 Å². The number of aliphatic hydroxyl groups is 1. The maximum absolute atomic E-state index is 9.44. The number of Topliss-reactive ketones (excluding diaryl/α,β-unsaturated/α-hetero) is 1. The van der Waals surface area contributed by atoms with Crippen LogP contribution >= 0.6 is 0 Å². The zero-order valence-electron chi connectivity index (χ0n) is 8.09. The van der Waals surface area contributed by atoms with Gasteiger partial charge < -0.3 is 9.90 Å². The van der Waals surface area contributed by atoms with Crippen LogP contribution in [-0.4, -0.2) is 16.5 Å². The lowest BCUT2D eigenvalue weighted by Crippen LogP contribution is -2.13. The first-order chi connectivity index (χ1) is 5.29. The maximum Gasteiger partial charge on any atom is 0.126 e. The summed E-state index contributed by atoms with van der Waals surface area (Å²) in [6, 6.07) is 0. The van der Waals surface area contributed by atoms with Crippen LogP contribution < -0.4 is 0 Å².